The van der Waals surface area contributed by atoms with Gasteiger partial charge >= 0.3 is 121 Å². The first kappa shape index (κ1) is 15.5. The van der Waals surface area contributed by atoms with E-state index in [0.717, 1.165) is 25.0 Å². The van der Waals surface area contributed by atoms with Crippen molar-refractivity contribution in [1.29, 1.82) is 0 Å². The Bertz CT molecular complexity index is 440. The number of hydrogen-bond acceptors (Lipinski definition) is 6. The van der Waals surface area contributed by atoms with Gasteiger partial charge < -0.3 is 0 Å². The Balaban J connectivity index is 0.000000704. The van der Waals surface area contributed by atoms with Crippen LogP contribution < -0.4 is 5.32 Å². The fourth-order valence-corrected chi connectivity index (χ4v) is 3.30. The van der Waals surface area contributed by atoms with Crippen LogP contribution in [-0.2, 0) is 9.53 Å². The molecule has 3 heterocycles. The second-order valence-corrected chi connectivity index (χ2v) is 5.35. The Labute approximate surface area is 134 Å². The molecule has 0 amide bonds. The van der Waals surface area contributed by atoms with E-state index in [0.29, 0.717) is 26.1 Å². The number of fused-ring (bicyclic) bond motifs is 1. The molecule has 3 rings (SSSR count). The Hall–Kier alpha value is -0.838. The van der Waals surface area contributed by atoms with Gasteiger partial charge in [-0.3, -0.25) is 0 Å². The van der Waals surface area contributed by atoms with Gasteiger partial charge in [0.2, 0.25) is 0 Å². The van der Waals surface area contributed by atoms with E-state index in [1.165, 1.54) is 0 Å². The molecular weight excluding hydrogens is 451 g/mol. The number of carbonyl (C=O) groups is 1. The third-order valence-corrected chi connectivity index (χ3v) is 4.40. The zero-order valence-corrected chi connectivity index (χ0v) is 16.1. The van der Waals surface area contributed by atoms with Gasteiger partial charge in [0.05, 0.1) is 0 Å². The quantitative estimate of drug-likeness (QED) is 0.452. The van der Waals surface area contributed by atoms with Crippen molar-refractivity contribution in [2.45, 2.75) is 51.2 Å². The molecular formula is C12H18N5O2Tl. The molecule has 7 nitrogen and oxygen atoms in total. The first-order valence-corrected chi connectivity index (χ1v) is 8.81. The monoisotopic (exact) mass is 469 g/mol. The summed E-state index contributed by atoms with van der Waals surface area (Å²) in [4.78, 5) is 21.5. The number of rotatable bonds is 2. The summed E-state index contributed by atoms with van der Waals surface area (Å²) in [6.07, 6.45) is 5.41. The molecule has 3 aliphatic rings. The van der Waals surface area contributed by atoms with Crippen LogP contribution in [0.5, 0.6) is 0 Å². The number of ether oxygens (including phenoxy) is 1. The summed E-state index contributed by atoms with van der Waals surface area (Å²) < 4.78 is 9.98. The van der Waals surface area contributed by atoms with Crippen LogP contribution in [0.3, 0.4) is 0 Å². The number of aliphatic imine (C=N–C) groups is 2. The van der Waals surface area contributed by atoms with Crippen LogP contribution in [0.4, 0.5) is 0 Å². The summed E-state index contributed by atoms with van der Waals surface area (Å²) in [7, 11) is 0. The van der Waals surface area contributed by atoms with Crippen LogP contribution in [0.25, 0.3) is 0 Å². The van der Waals surface area contributed by atoms with Gasteiger partial charge in [-0.15, -0.1) is 0 Å². The Morgan fingerprint density at radius 1 is 1.50 bits per heavy atom. The van der Waals surface area contributed by atoms with Crippen molar-refractivity contribution in [2.24, 2.45) is 12.8 Å². The van der Waals surface area contributed by atoms with Gasteiger partial charge in [0.25, 0.3) is 0 Å². The van der Waals surface area contributed by atoms with Crippen LogP contribution in [0.1, 0.15) is 26.7 Å². The van der Waals surface area contributed by atoms with Gasteiger partial charge in [-0.25, -0.2) is 0 Å². The van der Waals surface area contributed by atoms with Gasteiger partial charge in [-0.05, 0) is 0 Å². The number of nitrogens with one attached hydrogen (secondary N) is 1. The standard InChI is InChI=1S/C10H12N5O2.C2H6.Tl/c11-9-8-10(13-4-12-9)15(5-14-8)7-2-1-6(3-16)17-7;1-2;/h3-8,10H,1-2H2,(H-,11,12,13);1-2H3;/q-1;;+1. The molecule has 0 spiro atoms. The van der Waals surface area contributed by atoms with Crippen molar-refractivity contribution in [3.63, 3.8) is 0 Å². The van der Waals surface area contributed by atoms with Crippen molar-refractivity contribution in [3.05, 3.63) is 0 Å². The summed E-state index contributed by atoms with van der Waals surface area (Å²) in [5.74, 6) is 0.878. The van der Waals surface area contributed by atoms with E-state index in [1.807, 2.05) is 18.7 Å². The fourth-order valence-electron chi connectivity index (χ4n) is 2.42. The van der Waals surface area contributed by atoms with E-state index < -0.39 is 0 Å². The molecule has 4 unspecified atom stereocenters. The predicted octanol–water partition coefficient (Wildman–Crippen LogP) is -0.131. The van der Waals surface area contributed by atoms with Crippen LogP contribution in [-0.4, -0.2) is 80.3 Å². The molecule has 1 fully saturated rings. The molecule has 3 aliphatic heterocycles. The summed E-state index contributed by atoms with van der Waals surface area (Å²) >= 11 is 0.538. The average molecular weight is 469 g/mol. The number of amidine groups is 1. The van der Waals surface area contributed by atoms with E-state index in [1.54, 1.807) is 12.7 Å². The van der Waals surface area contributed by atoms with Crippen molar-refractivity contribution in [2.75, 3.05) is 0 Å². The minimum atomic E-state index is -0.290. The molecule has 0 aromatic carbocycles. The number of nitrogens with zero attached hydrogens (tertiary/aromatic N) is 4. The molecule has 4 atom stereocenters. The number of aldehydes is 1. The van der Waals surface area contributed by atoms with Crippen LogP contribution in [0.15, 0.2) is 12.8 Å². The molecule has 8 heteroatoms. The summed E-state index contributed by atoms with van der Waals surface area (Å²) in [6.45, 7) is 4.00. The average Bonchev–Trinajstić information content (AvgIpc) is 3.14. The van der Waals surface area contributed by atoms with Crippen LogP contribution in [0.2, 0.25) is 0 Å². The van der Waals surface area contributed by atoms with E-state index in [2.05, 4.69) is 18.1 Å². The normalized spacial score (nSPS) is 36.2. The zero-order valence-electron chi connectivity index (χ0n) is 11.6. The molecule has 0 aromatic rings. The zero-order chi connectivity index (χ0) is 14.5. The second kappa shape index (κ2) is 7.25. The molecule has 0 radical (unpaired) electrons. The molecule has 106 valence electrons. The van der Waals surface area contributed by atoms with E-state index in [9.17, 15) is 4.79 Å². The summed E-state index contributed by atoms with van der Waals surface area (Å²) in [5.41, 5.74) is 0. The first-order valence-electron chi connectivity index (χ1n) is 6.81. The van der Waals surface area contributed by atoms with Gasteiger partial charge in [0.15, 0.2) is 0 Å². The molecule has 0 aliphatic carbocycles. The van der Waals surface area contributed by atoms with Crippen LogP contribution >= 0.6 is 0 Å². The molecule has 1 saturated heterocycles. The topological polar surface area (TPSA) is 78.7 Å². The number of hydrogen-bond donors (Lipinski definition) is 1. The molecule has 0 saturated carbocycles. The first-order chi connectivity index (χ1) is 9.83. The van der Waals surface area contributed by atoms with Crippen molar-refractivity contribution >= 4 is 50.9 Å². The van der Waals surface area contributed by atoms with Gasteiger partial charge in [0, 0.05) is 0 Å². The third-order valence-electron chi connectivity index (χ3n) is 3.32. The third kappa shape index (κ3) is 2.92. The van der Waals surface area contributed by atoms with Crippen molar-refractivity contribution in [1.82, 2.24) is 10.2 Å². The van der Waals surface area contributed by atoms with E-state index in [-0.39, 0.29) is 24.5 Å². The molecule has 20 heavy (non-hydrogen) atoms. The van der Waals surface area contributed by atoms with Gasteiger partial charge in [-0.1, -0.05) is 13.8 Å². The van der Waals surface area contributed by atoms with E-state index >= 15 is 0 Å². The summed E-state index contributed by atoms with van der Waals surface area (Å²) in [5, 5.41) is 3.03. The Morgan fingerprint density at radius 3 is 2.95 bits per heavy atom. The molecule has 0 aromatic heterocycles. The Morgan fingerprint density at radius 2 is 2.30 bits per heavy atom. The van der Waals surface area contributed by atoms with Gasteiger partial charge in [0.1, 0.15) is 0 Å². The fraction of sp³-hybridized carbons (Fsp3) is 0.667. The van der Waals surface area contributed by atoms with Crippen molar-refractivity contribution < 1.29 is 9.53 Å². The maximum absolute atomic E-state index is 10.7. The maximum atomic E-state index is 10.7. The molecule has 0 bridgehead atoms. The predicted molar refractivity (Wildman–Crippen MR) is 78.0 cm³/mol. The SMILES string of the molecule is CC.O=CC1CCC(N2C=NC3/C(=[N]/[Tl])NC=NC32)O1. The second-order valence-electron chi connectivity index (χ2n) is 4.35. The van der Waals surface area contributed by atoms with Crippen LogP contribution in [0, 0.1) is 0 Å². The van der Waals surface area contributed by atoms with Crippen molar-refractivity contribution in [3.8, 4) is 0 Å². The van der Waals surface area contributed by atoms with E-state index in [4.69, 9.17) is 4.74 Å². The summed E-state index contributed by atoms with van der Waals surface area (Å²) in [6, 6.07) is -0.0566. The number of carbonyl (C=O) groups excluding carboxylic acids is 1. The molecule has 1 N–H and O–H groups in total. The van der Waals surface area contributed by atoms with Gasteiger partial charge in [-0.2, -0.15) is 0 Å². The minimum absolute atomic E-state index is 0.0566. The Kier molecular flexibility index (Phi) is 5.64.